The van der Waals surface area contributed by atoms with Crippen LogP contribution >= 0.6 is 11.6 Å². The summed E-state index contributed by atoms with van der Waals surface area (Å²) in [6.45, 7) is 0. The lowest BCUT2D eigenvalue weighted by atomic mass is 10.1. The lowest BCUT2D eigenvalue weighted by Gasteiger charge is -2.01. The molecule has 110 valence electrons. The van der Waals surface area contributed by atoms with Crippen molar-refractivity contribution in [1.29, 1.82) is 0 Å². The Balaban J connectivity index is 1.88. The zero-order valence-electron chi connectivity index (χ0n) is 11.9. The van der Waals surface area contributed by atoms with E-state index in [2.05, 4.69) is 0 Å². The lowest BCUT2D eigenvalue weighted by molar-refractivity contribution is -0.130. The van der Waals surface area contributed by atoms with E-state index < -0.39 is 0 Å². The molecule has 0 saturated heterocycles. The predicted octanol–water partition coefficient (Wildman–Crippen LogP) is 4.33. The predicted molar refractivity (Wildman–Crippen MR) is 86.5 cm³/mol. The molecule has 0 amide bonds. The Morgan fingerprint density at radius 2 is 1.73 bits per heavy atom. The maximum absolute atomic E-state index is 12.0. The van der Waals surface area contributed by atoms with Crippen molar-refractivity contribution in [2.75, 3.05) is 7.11 Å². The van der Waals surface area contributed by atoms with Gasteiger partial charge < -0.3 is 9.47 Å². The van der Waals surface area contributed by atoms with Crippen molar-refractivity contribution in [3.8, 4) is 5.75 Å². The van der Waals surface area contributed by atoms with Gasteiger partial charge in [0.1, 0.15) is 11.5 Å². The van der Waals surface area contributed by atoms with Crippen LogP contribution in [-0.4, -0.2) is 13.1 Å². The van der Waals surface area contributed by atoms with Crippen LogP contribution in [0.3, 0.4) is 0 Å². The van der Waals surface area contributed by atoms with Crippen molar-refractivity contribution in [3.63, 3.8) is 0 Å². The molecule has 0 spiro atoms. The zero-order chi connectivity index (χ0) is 15.5. The molecule has 0 N–H and O–H groups in total. The Bertz CT molecular complexity index is 756. The van der Waals surface area contributed by atoms with Gasteiger partial charge in [-0.3, -0.25) is 0 Å². The second kappa shape index (κ2) is 6.08. The molecule has 4 heteroatoms. The number of methoxy groups -OCH3 is 1. The maximum Gasteiger partial charge on any atom is 0.343 e. The molecular weight excluding hydrogens is 300 g/mol. The minimum atomic E-state index is -0.360. The van der Waals surface area contributed by atoms with Crippen LogP contribution in [0.2, 0.25) is 5.02 Å². The summed E-state index contributed by atoms with van der Waals surface area (Å²) in [7, 11) is 1.61. The largest absolute Gasteiger partial charge is 0.497 e. The number of carbonyl (C=O) groups excluding carboxylic acids is 1. The average molecular weight is 313 g/mol. The van der Waals surface area contributed by atoms with Crippen LogP contribution in [0.4, 0.5) is 0 Å². The molecule has 3 nitrogen and oxygen atoms in total. The average Bonchev–Trinajstić information content (AvgIpc) is 2.90. The summed E-state index contributed by atoms with van der Waals surface area (Å²) in [5.41, 5.74) is 2.23. The number of hydrogen-bond acceptors (Lipinski definition) is 3. The first-order chi connectivity index (χ1) is 10.7. The SMILES string of the molecule is COc1ccc(/C=C2/C=C(c3ccc(Cl)cc3)OC2=O)cc1. The molecule has 0 unspecified atom stereocenters. The molecule has 0 radical (unpaired) electrons. The Kier molecular flexibility index (Phi) is 3.98. The van der Waals surface area contributed by atoms with E-state index in [1.807, 2.05) is 36.4 Å². The van der Waals surface area contributed by atoms with Crippen LogP contribution in [0.25, 0.3) is 11.8 Å². The van der Waals surface area contributed by atoms with E-state index in [4.69, 9.17) is 21.1 Å². The number of carbonyl (C=O) groups is 1. The van der Waals surface area contributed by atoms with Crippen LogP contribution in [0.5, 0.6) is 5.75 Å². The summed E-state index contributed by atoms with van der Waals surface area (Å²) < 4.78 is 10.4. The first-order valence-corrected chi connectivity index (χ1v) is 7.09. The Labute approximate surface area is 133 Å². The van der Waals surface area contributed by atoms with Crippen molar-refractivity contribution >= 4 is 29.4 Å². The zero-order valence-corrected chi connectivity index (χ0v) is 12.6. The molecule has 22 heavy (non-hydrogen) atoms. The molecule has 3 rings (SSSR count). The quantitative estimate of drug-likeness (QED) is 0.625. The third-order valence-electron chi connectivity index (χ3n) is 3.29. The van der Waals surface area contributed by atoms with Gasteiger partial charge in [0.25, 0.3) is 0 Å². The van der Waals surface area contributed by atoms with E-state index in [9.17, 15) is 4.79 Å². The van der Waals surface area contributed by atoms with Crippen LogP contribution in [0, 0.1) is 0 Å². The molecule has 1 aliphatic heterocycles. The molecule has 1 heterocycles. The molecular formula is C18H13ClO3. The molecule has 0 aliphatic carbocycles. The first-order valence-electron chi connectivity index (χ1n) is 6.71. The molecule has 0 aromatic heterocycles. The molecule has 0 atom stereocenters. The van der Waals surface area contributed by atoms with E-state index in [1.165, 1.54) is 0 Å². The van der Waals surface area contributed by atoms with Crippen molar-refractivity contribution in [1.82, 2.24) is 0 Å². The summed E-state index contributed by atoms with van der Waals surface area (Å²) in [5, 5.41) is 0.641. The lowest BCUT2D eigenvalue weighted by Crippen LogP contribution is -1.97. The molecule has 0 fully saturated rings. The van der Waals surface area contributed by atoms with Gasteiger partial charge >= 0.3 is 5.97 Å². The fourth-order valence-corrected chi connectivity index (χ4v) is 2.25. The van der Waals surface area contributed by atoms with Crippen LogP contribution in [0.1, 0.15) is 11.1 Å². The summed E-state index contributed by atoms with van der Waals surface area (Å²) in [6, 6.07) is 14.6. The Morgan fingerprint density at radius 1 is 1.05 bits per heavy atom. The van der Waals surface area contributed by atoms with Gasteiger partial charge in [-0.05, 0) is 54.1 Å². The Morgan fingerprint density at radius 3 is 2.36 bits per heavy atom. The van der Waals surface area contributed by atoms with Crippen molar-refractivity contribution in [2.24, 2.45) is 0 Å². The maximum atomic E-state index is 12.0. The fraction of sp³-hybridized carbons (Fsp3) is 0.0556. The van der Waals surface area contributed by atoms with E-state index >= 15 is 0 Å². The highest BCUT2D eigenvalue weighted by Crippen LogP contribution is 2.28. The smallest absolute Gasteiger partial charge is 0.343 e. The number of halogens is 1. The standard InChI is InChI=1S/C18H13ClO3/c1-21-16-8-2-12(3-9-16)10-14-11-17(22-18(14)20)13-4-6-15(19)7-5-13/h2-11H,1H3/b14-10-. The minimum Gasteiger partial charge on any atom is -0.497 e. The number of hydrogen-bond donors (Lipinski definition) is 0. The normalized spacial score (nSPS) is 15.6. The minimum absolute atomic E-state index is 0.360. The van der Waals surface area contributed by atoms with Gasteiger partial charge in [0.05, 0.1) is 12.7 Å². The van der Waals surface area contributed by atoms with Crippen molar-refractivity contribution < 1.29 is 14.3 Å². The van der Waals surface area contributed by atoms with Gasteiger partial charge in [0, 0.05) is 10.6 Å². The van der Waals surface area contributed by atoms with Gasteiger partial charge in [-0.15, -0.1) is 0 Å². The summed E-state index contributed by atoms with van der Waals surface area (Å²) >= 11 is 5.86. The number of rotatable bonds is 3. The Hall–Kier alpha value is -2.52. The van der Waals surface area contributed by atoms with Crippen LogP contribution < -0.4 is 4.74 Å². The summed E-state index contributed by atoms with van der Waals surface area (Å²) in [5.74, 6) is 0.941. The number of cyclic esters (lactones) is 1. The number of benzene rings is 2. The monoisotopic (exact) mass is 312 g/mol. The fourth-order valence-electron chi connectivity index (χ4n) is 2.13. The highest BCUT2D eigenvalue weighted by atomic mass is 35.5. The molecule has 1 aliphatic rings. The topological polar surface area (TPSA) is 35.5 Å². The van der Waals surface area contributed by atoms with Crippen LogP contribution in [0.15, 0.2) is 60.2 Å². The molecule has 2 aromatic carbocycles. The van der Waals surface area contributed by atoms with Crippen molar-refractivity contribution in [2.45, 2.75) is 0 Å². The molecule has 0 saturated carbocycles. The van der Waals surface area contributed by atoms with Gasteiger partial charge in [-0.2, -0.15) is 0 Å². The van der Waals surface area contributed by atoms with Crippen molar-refractivity contribution in [3.05, 3.63) is 76.3 Å². The second-order valence-electron chi connectivity index (χ2n) is 4.78. The number of ether oxygens (including phenoxy) is 2. The third kappa shape index (κ3) is 3.05. The highest BCUT2D eigenvalue weighted by Gasteiger charge is 2.21. The summed E-state index contributed by atoms with van der Waals surface area (Å²) in [4.78, 5) is 12.0. The van der Waals surface area contributed by atoms with Gasteiger partial charge in [-0.1, -0.05) is 23.7 Å². The molecule has 2 aromatic rings. The first kappa shape index (κ1) is 14.4. The molecule has 0 bridgehead atoms. The van der Waals surface area contributed by atoms with Crippen LogP contribution in [-0.2, 0) is 9.53 Å². The van der Waals surface area contributed by atoms with Gasteiger partial charge in [0.15, 0.2) is 0 Å². The van der Waals surface area contributed by atoms with Gasteiger partial charge in [0.2, 0.25) is 0 Å². The van der Waals surface area contributed by atoms with E-state index in [0.29, 0.717) is 16.4 Å². The van der Waals surface area contributed by atoms with E-state index in [-0.39, 0.29) is 5.97 Å². The third-order valence-corrected chi connectivity index (χ3v) is 3.54. The second-order valence-corrected chi connectivity index (χ2v) is 5.21. The van der Waals surface area contributed by atoms with Gasteiger partial charge in [-0.25, -0.2) is 4.79 Å². The highest BCUT2D eigenvalue weighted by molar-refractivity contribution is 6.30. The summed E-state index contributed by atoms with van der Waals surface area (Å²) in [6.07, 6.45) is 3.51. The van der Waals surface area contributed by atoms with E-state index in [0.717, 1.165) is 16.9 Å². The number of esters is 1. The van der Waals surface area contributed by atoms with E-state index in [1.54, 1.807) is 31.4 Å².